The number of methoxy groups -OCH3 is 2. The van der Waals surface area contributed by atoms with E-state index in [1.54, 1.807) is 18.2 Å². The molecule has 1 unspecified atom stereocenters. The topological polar surface area (TPSA) is 72.8 Å². The van der Waals surface area contributed by atoms with Crippen LogP contribution in [0.2, 0.25) is 5.02 Å². The molecule has 0 radical (unpaired) electrons. The number of rotatable bonds is 8. The molecule has 0 amide bonds. The van der Waals surface area contributed by atoms with Gasteiger partial charge >= 0.3 is 6.18 Å². The normalized spacial score (nSPS) is 12.4. The van der Waals surface area contributed by atoms with Gasteiger partial charge < -0.3 is 24.6 Å². The maximum absolute atomic E-state index is 12.6. The Morgan fingerprint density at radius 2 is 1.85 bits per heavy atom. The zero-order valence-corrected chi connectivity index (χ0v) is 15.3. The Hall–Kier alpha value is -2.39. The van der Waals surface area contributed by atoms with Gasteiger partial charge in [0.1, 0.15) is 18.5 Å². The average Bonchev–Trinajstić information content (AvgIpc) is 2.64. The highest BCUT2D eigenvalue weighted by atomic mass is 35.5. The maximum Gasteiger partial charge on any atom is 0.417 e. The quantitative estimate of drug-likeness (QED) is 0.697. The maximum atomic E-state index is 12.6. The predicted molar refractivity (Wildman–Crippen MR) is 93.8 cm³/mol. The molecule has 0 saturated carbocycles. The molecule has 0 spiro atoms. The third kappa shape index (κ3) is 5.54. The van der Waals surface area contributed by atoms with Crippen LogP contribution >= 0.6 is 11.6 Å². The zero-order chi connectivity index (χ0) is 20.0. The molecule has 0 bridgehead atoms. The first-order valence-corrected chi connectivity index (χ1v) is 8.12. The molecule has 1 atom stereocenters. The fourth-order valence-corrected chi connectivity index (χ4v) is 2.37. The van der Waals surface area contributed by atoms with Crippen LogP contribution in [0.5, 0.6) is 17.2 Å². The lowest BCUT2D eigenvalue weighted by atomic mass is 10.2. The molecule has 2 N–H and O–H groups in total. The number of nitrogens with one attached hydrogen (secondary N) is 1. The van der Waals surface area contributed by atoms with Crippen molar-refractivity contribution in [3.05, 3.63) is 41.0 Å². The van der Waals surface area contributed by atoms with Gasteiger partial charge in [0.25, 0.3) is 0 Å². The zero-order valence-electron chi connectivity index (χ0n) is 14.5. The second-order valence-corrected chi connectivity index (χ2v) is 5.80. The molecule has 1 heterocycles. The Balaban J connectivity index is 1.95. The van der Waals surface area contributed by atoms with E-state index in [-0.39, 0.29) is 24.0 Å². The van der Waals surface area contributed by atoms with Crippen LogP contribution in [0.25, 0.3) is 0 Å². The molecule has 6 nitrogen and oxygen atoms in total. The largest absolute Gasteiger partial charge is 0.493 e. The predicted octanol–water partition coefficient (Wildman–Crippen LogP) is 3.62. The second kappa shape index (κ2) is 9.01. The Bertz CT molecular complexity index is 752. The van der Waals surface area contributed by atoms with Gasteiger partial charge in [0, 0.05) is 12.7 Å². The first-order chi connectivity index (χ1) is 12.8. The number of pyridine rings is 1. The van der Waals surface area contributed by atoms with E-state index in [2.05, 4.69) is 10.3 Å². The van der Waals surface area contributed by atoms with Crippen molar-refractivity contribution in [2.24, 2.45) is 0 Å². The first-order valence-electron chi connectivity index (χ1n) is 7.74. The van der Waals surface area contributed by atoms with Gasteiger partial charge in [-0.1, -0.05) is 17.7 Å². The summed E-state index contributed by atoms with van der Waals surface area (Å²) in [7, 11) is 2.94. The van der Waals surface area contributed by atoms with Crippen LogP contribution in [-0.4, -0.2) is 43.6 Å². The van der Waals surface area contributed by atoms with Crippen molar-refractivity contribution in [1.82, 2.24) is 4.98 Å². The van der Waals surface area contributed by atoms with Crippen molar-refractivity contribution in [3.63, 3.8) is 0 Å². The number of halogens is 4. The molecule has 0 aliphatic rings. The highest BCUT2D eigenvalue weighted by molar-refractivity contribution is 6.32. The molecular formula is C17H18ClF3N2O4. The van der Waals surface area contributed by atoms with E-state index in [1.165, 1.54) is 14.2 Å². The number of aromatic nitrogens is 1. The van der Waals surface area contributed by atoms with Crippen LogP contribution in [0, 0.1) is 0 Å². The van der Waals surface area contributed by atoms with E-state index in [9.17, 15) is 18.3 Å². The summed E-state index contributed by atoms with van der Waals surface area (Å²) >= 11 is 5.80. The number of ether oxygens (including phenoxy) is 3. The van der Waals surface area contributed by atoms with Crippen molar-refractivity contribution in [1.29, 1.82) is 0 Å². The molecule has 0 aliphatic heterocycles. The number of hydrogen-bond acceptors (Lipinski definition) is 6. The van der Waals surface area contributed by atoms with Gasteiger partial charge in [0.2, 0.25) is 5.75 Å². The number of aliphatic hydroxyl groups excluding tert-OH is 1. The number of benzene rings is 1. The van der Waals surface area contributed by atoms with Gasteiger partial charge in [-0.15, -0.1) is 0 Å². The average molecular weight is 407 g/mol. The SMILES string of the molecule is COc1cccc(OC)c1OCC(O)CNc1ncc(C(F)(F)F)cc1Cl. The van der Waals surface area contributed by atoms with Crippen LogP contribution in [0.3, 0.4) is 0 Å². The van der Waals surface area contributed by atoms with E-state index in [4.69, 9.17) is 25.8 Å². The lowest BCUT2D eigenvalue weighted by Crippen LogP contribution is -2.27. The number of hydrogen-bond donors (Lipinski definition) is 2. The second-order valence-electron chi connectivity index (χ2n) is 5.39. The minimum absolute atomic E-state index is 0.0265. The molecule has 148 valence electrons. The third-order valence-electron chi connectivity index (χ3n) is 3.48. The molecule has 2 aromatic rings. The molecule has 1 aromatic carbocycles. The van der Waals surface area contributed by atoms with Gasteiger partial charge in [-0.25, -0.2) is 4.98 Å². The summed E-state index contributed by atoms with van der Waals surface area (Å²) in [4.78, 5) is 3.63. The molecular weight excluding hydrogens is 389 g/mol. The number of aliphatic hydroxyl groups is 1. The van der Waals surface area contributed by atoms with Crippen LogP contribution in [0.4, 0.5) is 19.0 Å². The van der Waals surface area contributed by atoms with Crippen molar-refractivity contribution >= 4 is 17.4 Å². The van der Waals surface area contributed by atoms with E-state index >= 15 is 0 Å². The molecule has 0 fully saturated rings. The highest BCUT2D eigenvalue weighted by Gasteiger charge is 2.31. The standard InChI is InChI=1S/C17H18ClF3N2O4/c1-25-13-4-3-5-14(26-2)15(13)27-9-11(24)8-23-16-12(18)6-10(7-22-16)17(19,20)21/h3-7,11,24H,8-9H2,1-2H3,(H,22,23). The van der Waals surface area contributed by atoms with Crippen molar-refractivity contribution in [2.45, 2.75) is 12.3 Å². The molecule has 10 heteroatoms. The fourth-order valence-electron chi connectivity index (χ4n) is 2.14. The van der Waals surface area contributed by atoms with Crippen molar-refractivity contribution in [2.75, 3.05) is 32.7 Å². The molecule has 0 saturated heterocycles. The summed E-state index contributed by atoms with van der Waals surface area (Å²) in [5.41, 5.74) is -0.954. The number of para-hydroxylation sites is 1. The van der Waals surface area contributed by atoms with Crippen LogP contribution in [-0.2, 0) is 6.18 Å². The molecule has 2 rings (SSSR count). The van der Waals surface area contributed by atoms with E-state index in [0.717, 1.165) is 6.07 Å². The van der Waals surface area contributed by atoms with Crippen LogP contribution in [0.1, 0.15) is 5.56 Å². The number of anilines is 1. The molecule has 0 aliphatic carbocycles. The van der Waals surface area contributed by atoms with Gasteiger partial charge in [0.15, 0.2) is 11.5 Å². The van der Waals surface area contributed by atoms with E-state index < -0.39 is 17.8 Å². The summed E-state index contributed by atoms with van der Waals surface area (Å²) in [6.45, 7) is -0.169. The van der Waals surface area contributed by atoms with E-state index in [1.807, 2.05) is 0 Å². The highest BCUT2D eigenvalue weighted by Crippen LogP contribution is 2.37. The van der Waals surface area contributed by atoms with Crippen LogP contribution < -0.4 is 19.5 Å². The smallest absolute Gasteiger partial charge is 0.417 e. The number of nitrogens with zero attached hydrogens (tertiary/aromatic N) is 1. The summed E-state index contributed by atoms with van der Waals surface area (Å²) in [6.07, 6.45) is -4.87. The van der Waals surface area contributed by atoms with Gasteiger partial charge in [-0.2, -0.15) is 13.2 Å². The Kier molecular flexibility index (Phi) is 6.98. The Morgan fingerprint density at radius 1 is 1.22 bits per heavy atom. The van der Waals surface area contributed by atoms with Crippen molar-refractivity contribution < 1.29 is 32.5 Å². The summed E-state index contributed by atoms with van der Waals surface area (Å²) in [5.74, 6) is 1.22. The third-order valence-corrected chi connectivity index (χ3v) is 3.76. The summed E-state index contributed by atoms with van der Waals surface area (Å²) in [6, 6.07) is 5.84. The molecule has 27 heavy (non-hydrogen) atoms. The van der Waals surface area contributed by atoms with E-state index in [0.29, 0.717) is 23.4 Å². The van der Waals surface area contributed by atoms with Gasteiger partial charge in [0.05, 0.1) is 24.8 Å². The lowest BCUT2D eigenvalue weighted by molar-refractivity contribution is -0.137. The van der Waals surface area contributed by atoms with Crippen LogP contribution in [0.15, 0.2) is 30.5 Å². The summed E-state index contributed by atoms with van der Waals surface area (Å²) in [5, 5.41) is 12.5. The monoisotopic (exact) mass is 406 g/mol. The van der Waals surface area contributed by atoms with Gasteiger partial charge in [-0.05, 0) is 18.2 Å². The lowest BCUT2D eigenvalue weighted by Gasteiger charge is -2.17. The first kappa shape index (κ1) is 20.9. The Labute approximate surface area is 158 Å². The minimum atomic E-state index is -4.53. The molecule has 1 aromatic heterocycles. The fraction of sp³-hybridized carbons (Fsp3) is 0.353. The Morgan fingerprint density at radius 3 is 2.37 bits per heavy atom. The van der Waals surface area contributed by atoms with Crippen molar-refractivity contribution in [3.8, 4) is 17.2 Å². The number of alkyl halides is 3. The minimum Gasteiger partial charge on any atom is -0.493 e. The summed E-state index contributed by atoms with van der Waals surface area (Å²) < 4.78 is 53.7. The van der Waals surface area contributed by atoms with Gasteiger partial charge in [-0.3, -0.25) is 0 Å².